The lowest BCUT2D eigenvalue weighted by molar-refractivity contribution is 0.465. The fourth-order valence-electron chi connectivity index (χ4n) is 6.98. The van der Waals surface area contributed by atoms with Crippen LogP contribution in [0.2, 0.25) is 0 Å². The summed E-state index contributed by atoms with van der Waals surface area (Å²) >= 11 is 0. The molecule has 0 N–H and O–H groups in total. The number of rotatable bonds is 3. The Morgan fingerprint density at radius 1 is 0.595 bits per heavy atom. The summed E-state index contributed by atoms with van der Waals surface area (Å²) in [5, 5.41) is 0. The Labute approximate surface area is 248 Å². The Bertz CT molecular complexity index is 1980. The van der Waals surface area contributed by atoms with E-state index in [1.807, 2.05) is 0 Å². The number of hydrogen-bond donors (Lipinski definition) is 0. The average Bonchev–Trinajstić information content (AvgIpc) is 3.01. The lowest BCUT2D eigenvalue weighted by atomic mass is 9.34. The molecule has 0 saturated heterocycles. The van der Waals surface area contributed by atoms with E-state index in [0.717, 1.165) is 46.9 Å². The van der Waals surface area contributed by atoms with Crippen LogP contribution in [0.15, 0.2) is 115 Å². The van der Waals surface area contributed by atoms with Crippen molar-refractivity contribution >= 4 is 28.7 Å². The molecule has 42 heavy (non-hydrogen) atoms. The standard InChI is InChI=1S/C39H31BO2/c1-24-11-4-7-14-28(24)27-19-21-35-34(23-27)40-33-18-10-17-31(29-15-8-5-12-25(29)2)38(33)42-36-22-20-32(39(41-35)37(36)40)30-16-9-6-13-26(30)3/h4,6-11,13-23H,5,12H2,1-3H3. The Morgan fingerprint density at radius 3 is 2.10 bits per heavy atom. The van der Waals surface area contributed by atoms with Crippen LogP contribution in [-0.2, 0) is 0 Å². The van der Waals surface area contributed by atoms with Crippen LogP contribution in [0.4, 0.5) is 0 Å². The molecule has 3 aliphatic rings. The maximum absolute atomic E-state index is 6.88. The number of para-hydroxylation sites is 1. The molecule has 0 unspecified atom stereocenters. The Balaban J connectivity index is 1.40. The van der Waals surface area contributed by atoms with Gasteiger partial charge < -0.3 is 9.47 Å². The van der Waals surface area contributed by atoms with Crippen molar-refractivity contribution < 1.29 is 9.47 Å². The summed E-state index contributed by atoms with van der Waals surface area (Å²) in [6.45, 7) is 6.58. The minimum Gasteiger partial charge on any atom is -0.458 e. The zero-order chi connectivity index (χ0) is 28.4. The minimum atomic E-state index is -0.0103. The predicted octanol–water partition coefficient (Wildman–Crippen LogP) is 8.49. The summed E-state index contributed by atoms with van der Waals surface area (Å²) in [5.74, 6) is 3.63. The van der Waals surface area contributed by atoms with Gasteiger partial charge in [-0.3, -0.25) is 0 Å². The summed E-state index contributed by atoms with van der Waals surface area (Å²) < 4.78 is 13.7. The SMILES string of the molecule is CC1=C(c2cccc3c2Oc2ccc(-c4ccccc4C)c4c2B3c2cc(-c3ccccc3C)ccc2O4)C=CCC1. The van der Waals surface area contributed by atoms with E-state index in [4.69, 9.17) is 9.47 Å². The van der Waals surface area contributed by atoms with Crippen molar-refractivity contribution in [3.8, 4) is 45.3 Å². The van der Waals surface area contributed by atoms with Gasteiger partial charge >= 0.3 is 0 Å². The van der Waals surface area contributed by atoms with Crippen molar-refractivity contribution in [3.05, 3.63) is 131 Å². The third-order valence-electron chi connectivity index (χ3n) is 9.16. The molecular formula is C39H31BO2. The normalized spacial score (nSPS) is 14.5. The maximum atomic E-state index is 6.88. The van der Waals surface area contributed by atoms with E-state index in [2.05, 4.69) is 130 Å². The van der Waals surface area contributed by atoms with Gasteiger partial charge in [0.15, 0.2) is 0 Å². The first-order valence-corrected chi connectivity index (χ1v) is 14.9. The van der Waals surface area contributed by atoms with E-state index in [1.54, 1.807) is 0 Å². The number of allylic oxidation sites excluding steroid dienone is 4. The average molecular weight is 542 g/mol. The molecular weight excluding hydrogens is 511 g/mol. The second-order valence-electron chi connectivity index (χ2n) is 11.7. The van der Waals surface area contributed by atoms with E-state index >= 15 is 0 Å². The molecule has 0 aromatic heterocycles. The van der Waals surface area contributed by atoms with Crippen LogP contribution in [0, 0.1) is 13.8 Å². The van der Waals surface area contributed by atoms with Crippen LogP contribution < -0.4 is 25.9 Å². The van der Waals surface area contributed by atoms with Gasteiger partial charge in [0.1, 0.15) is 23.0 Å². The van der Waals surface area contributed by atoms with Crippen LogP contribution in [-0.4, -0.2) is 6.71 Å². The number of aryl methyl sites for hydroxylation is 2. The highest BCUT2D eigenvalue weighted by Gasteiger charge is 2.42. The van der Waals surface area contributed by atoms with Gasteiger partial charge in [0.2, 0.25) is 0 Å². The van der Waals surface area contributed by atoms with Gasteiger partial charge in [-0.2, -0.15) is 0 Å². The zero-order valence-electron chi connectivity index (χ0n) is 24.2. The monoisotopic (exact) mass is 542 g/mol. The van der Waals surface area contributed by atoms with Crippen molar-refractivity contribution in [1.29, 1.82) is 0 Å². The molecule has 3 heteroatoms. The van der Waals surface area contributed by atoms with Crippen LogP contribution in [0.5, 0.6) is 23.0 Å². The molecule has 2 aliphatic heterocycles. The maximum Gasteiger partial charge on any atom is 0.260 e. The molecule has 5 aromatic rings. The molecule has 0 amide bonds. The smallest absolute Gasteiger partial charge is 0.260 e. The molecule has 8 rings (SSSR count). The summed E-state index contributed by atoms with van der Waals surface area (Å²) in [5.41, 5.74) is 14.5. The zero-order valence-corrected chi connectivity index (χ0v) is 24.2. The van der Waals surface area contributed by atoms with Gasteiger partial charge in [-0.1, -0.05) is 96.6 Å². The fourth-order valence-corrected chi connectivity index (χ4v) is 6.98. The fraction of sp³-hybridized carbons (Fsp3) is 0.128. The lowest BCUT2D eigenvalue weighted by Crippen LogP contribution is -2.57. The van der Waals surface area contributed by atoms with E-state index in [1.165, 1.54) is 55.5 Å². The van der Waals surface area contributed by atoms with Crippen molar-refractivity contribution in [2.24, 2.45) is 0 Å². The van der Waals surface area contributed by atoms with Gasteiger partial charge in [-0.05, 0) is 96.1 Å². The largest absolute Gasteiger partial charge is 0.458 e. The molecule has 202 valence electrons. The van der Waals surface area contributed by atoms with Gasteiger partial charge in [0.05, 0.1) is 0 Å². The third kappa shape index (κ3) is 3.80. The van der Waals surface area contributed by atoms with Gasteiger partial charge in [0, 0.05) is 16.6 Å². The molecule has 0 spiro atoms. The number of ether oxygens (including phenoxy) is 2. The highest BCUT2D eigenvalue weighted by molar-refractivity contribution is 6.98. The summed E-state index contributed by atoms with van der Waals surface area (Å²) in [4.78, 5) is 0. The number of fused-ring (bicyclic) bond motifs is 4. The third-order valence-corrected chi connectivity index (χ3v) is 9.16. The van der Waals surface area contributed by atoms with E-state index in [0.29, 0.717) is 0 Å². The predicted molar refractivity (Wildman–Crippen MR) is 175 cm³/mol. The van der Waals surface area contributed by atoms with Gasteiger partial charge in [-0.15, -0.1) is 0 Å². The minimum absolute atomic E-state index is 0.0103. The van der Waals surface area contributed by atoms with Crippen LogP contribution >= 0.6 is 0 Å². The lowest BCUT2D eigenvalue weighted by Gasteiger charge is -2.35. The molecule has 2 heterocycles. The first-order chi connectivity index (χ1) is 20.6. The summed E-state index contributed by atoms with van der Waals surface area (Å²) in [6.07, 6.45) is 6.72. The first kappa shape index (κ1) is 25.0. The highest BCUT2D eigenvalue weighted by atomic mass is 16.5. The molecule has 0 saturated carbocycles. The molecule has 0 atom stereocenters. The topological polar surface area (TPSA) is 18.5 Å². The van der Waals surface area contributed by atoms with Crippen molar-refractivity contribution in [2.75, 3.05) is 0 Å². The number of hydrogen-bond acceptors (Lipinski definition) is 2. The van der Waals surface area contributed by atoms with Crippen LogP contribution in [0.3, 0.4) is 0 Å². The Hall–Kier alpha value is -4.76. The van der Waals surface area contributed by atoms with Gasteiger partial charge in [-0.25, -0.2) is 0 Å². The summed E-state index contributed by atoms with van der Waals surface area (Å²) in [6, 6.07) is 34.8. The number of benzene rings is 5. The van der Waals surface area contributed by atoms with Crippen molar-refractivity contribution in [1.82, 2.24) is 0 Å². The Morgan fingerprint density at radius 2 is 1.31 bits per heavy atom. The Kier molecular flexibility index (Phi) is 5.75. The van der Waals surface area contributed by atoms with E-state index in [9.17, 15) is 0 Å². The molecule has 5 aromatic carbocycles. The van der Waals surface area contributed by atoms with Crippen LogP contribution in [0.1, 0.15) is 36.5 Å². The molecule has 1 aliphatic carbocycles. The second-order valence-corrected chi connectivity index (χ2v) is 11.7. The van der Waals surface area contributed by atoms with E-state index < -0.39 is 0 Å². The van der Waals surface area contributed by atoms with Crippen molar-refractivity contribution in [3.63, 3.8) is 0 Å². The first-order valence-electron chi connectivity index (χ1n) is 14.9. The highest BCUT2D eigenvalue weighted by Crippen LogP contribution is 2.44. The van der Waals surface area contributed by atoms with E-state index in [-0.39, 0.29) is 6.71 Å². The molecule has 0 radical (unpaired) electrons. The summed E-state index contributed by atoms with van der Waals surface area (Å²) in [7, 11) is 0. The molecule has 0 bridgehead atoms. The van der Waals surface area contributed by atoms with Crippen LogP contribution in [0.25, 0.3) is 27.8 Å². The second kappa shape index (κ2) is 9.67. The molecule has 0 fully saturated rings. The van der Waals surface area contributed by atoms with Gasteiger partial charge in [0.25, 0.3) is 6.71 Å². The molecule has 2 nitrogen and oxygen atoms in total. The van der Waals surface area contributed by atoms with Crippen molar-refractivity contribution in [2.45, 2.75) is 33.6 Å². The quantitative estimate of drug-likeness (QED) is 0.209.